The molecular formula is C24H31N9O3. The maximum absolute atomic E-state index is 13.4. The number of nitriles is 1. The number of fused-ring (bicyclic) bond motifs is 3. The van der Waals surface area contributed by atoms with Crippen molar-refractivity contribution in [3.05, 3.63) is 17.8 Å². The molecular weight excluding hydrogens is 462 g/mol. The van der Waals surface area contributed by atoms with Gasteiger partial charge in [-0.1, -0.05) is 6.92 Å². The lowest BCUT2D eigenvalue weighted by atomic mass is 9.92. The molecule has 0 radical (unpaired) electrons. The summed E-state index contributed by atoms with van der Waals surface area (Å²) in [6.07, 6.45) is 4.08. The molecule has 12 heteroatoms. The second-order valence-corrected chi connectivity index (χ2v) is 9.73. The molecule has 0 saturated carbocycles. The second-order valence-electron chi connectivity index (χ2n) is 9.73. The van der Waals surface area contributed by atoms with Crippen molar-refractivity contribution >= 4 is 29.5 Å². The molecule has 5 rings (SSSR count). The van der Waals surface area contributed by atoms with Crippen molar-refractivity contribution in [2.24, 2.45) is 11.8 Å². The molecule has 5 heterocycles. The molecule has 2 saturated heterocycles. The first-order chi connectivity index (χ1) is 17.4. The number of rotatable bonds is 2. The molecule has 4 N–H and O–H groups in total. The third-order valence-corrected chi connectivity index (χ3v) is 7.57. The van der Waals surface area contributed by atoms with Crippen molar-refractivity contribution in [1.82, 2.24) is 29.9 Å². The number of nitrogens with zero attached hydrogens (tertiary/aromatic N) is 5. The molecule has 2 fully saturated rings. The zero-order valence-electron chi connectivity index (χ0n) is 20.5. The van der Waals surface area contributed by atoms with Crippen LogP contribution >= 0.6 is 0 Å². The third kappa shape index (κ3) is 4.14. The Morgan fingerprint density at radius 1 is 1.14 bits per heavy atom. The Labute approximate surface area is 209 Å². The Morgan fingerprint density at radius 3 is 2.61 bits per heavy atom. The van der Waals surface area contributed by atoms with Crippen LogP contribution in [0.5, 0.6) is 0 Å². The van der Waals surface area contributed by atoms with E-state index in [1.165, 1.54) is 7.05 Å². The summed E-state index contributed by atoms with van der Waals surface area (Å²) < 4.78 is 1.92. The van der Waals surface area contributed by atoms with E-state index in [0.717, 1.165) is 29.1 Å². The van der Waals surface area contributed by atoms with E-state index in [0.29, 0.717) is 51.4 Å². The summed E-state index contributed by atoms with van der Waals surface area (Å²) in [5.74, 6) is -0.0586. The first-order valence-corrected chi connectivity index (χ1v) is 12.4. The number of anilines is 2. The fourth-order valence-electron chi connectivity index (χ4n) is 5.37. The molecule has 3 aliphatic rings. The predicted octanol–water partition coefficient (Wildman–Crippen LogP) is 1.73. The van der Waals surface area contributed by atoms with E-state index in [1.807, 2.05) is 26.7 Å². The normalized spacial score (nSPS) is 21.6. The van der Waals surface area contributed by atoms with Crippen LogP contribution in [-0.4, -0.2) is 75.6 Å². The number of aromatic nitrogens is 3. The minimum atomic E-state index is -0.779. The van der Waals surface area contributed by atoms with Crippen molar-refractivity contribution in [3.8, 4) is 17.3 Å². The number of carbonyl (C=O) groups is 3. The quantitative estimate of drug-likeness (QED) is 0.468. The van der Waals surface area contributed by atoms with Gasteiger partial charge in [0.05, 0.1) is 17.8 Å². The highest BCUT2D eigenvalue weighted by Crippen LogP contribution is 2.42. The fourth-order valence-corrected chi connectivity index (χ4v) is 5.37. The van der Waals surface area contributed by atoms with Crippen molar-refractivity contribution in [3.63, 3.8) is 0 Å². The summed E-state index contributed by atoms with van der Waals surface area (Å²) in [7, 11) is 1.40. The van der Waals surface area contributed by atoms with Crippen LogP contribution < -0.4 is 16.0 Å². The van der Waals surface area contributed by atoms with E-state index in [1.54, 1.807) is 0 Å². The average molecular weight is 494 g/mol. The molecule has 0 spiro atoms. The van der Waals surface area contributed by atoms with E-state index in [-0.39, 0.29) is 23.9 Å². The van der Waals surface area contributed by atoms with Gasteiger partial charge in [0.2, 0.25) is 0 Å². The van der Waals surface area contributed by atoms with Gasteiger partial charge in [-0.2, -0.15) is 10.4 Å². The Bertz CT molecular complexity index is 1220. The molecule has 0 bridgehead atoms. The third-order valence-electron chi connectivity index (χ3n) is 7.57. The summed E-state index contributed by atoms with van der Waals surface area (Å²) in [5.41, 5.74) is 2.60. The van der Waals surface area contributed by atoms with Gasteiger partial charge in [-0.25, -0.2) is 4.79 Å². The molecule has 2 atom stereocenters. The van der Waals surface area contributed by atoms with E-state index in [9.17, 15) is 19.6 Å². The van der Waals surface area contributed by atoms with Crippen LogP contribution in [0.2, 0.25) is 0 Å². The van der Waals surface area contributed by atoms with Gasteiger partial charge in [-0.05, 0) is 31.2 Å². The highest BCUT2D eigenvalue weighted by molar-refractivity contribution is 6.39. The highest BCUT2D eigenvalue weighted by atomic mass is 16.2. The molecule has 2 aromatic rings. The number of urea groups is 1. The largest absolute Gasteiger partial charge is 0.367 e. The van der Waals surface area contributed by atoms with Gasteiger partial charge in [0, 0.05) is 63.0 Å². The first kappa shape index (κ1) is 23.7. The lowest BCUT2D eigenvalue weighted by Gasteiger charge is -2.41. The molecule has 190 valence electrons. The molecule has 0 unspecified atom stereocenters. The number of piperidine rings is 2. The van der Waals surface area contributed by atoms with Gasteiger partial charge in [0.15, 0.2) is 5.82 Å². The van der Waals surface area contributed by atoms with Crippen LogP contribution in [0.3, 0.4) is 0 Å². The number of H-pyrrole nitrogens is 1. The number of carbonyl (C=O) groups excluding carboxylic acids is 3. The summed E-state index contributed by atoms with van der Waals surface area (Å²) in [6, 6.07) is 4.16. The first-order valence-electron chi connectivity index (χ1n) is 12.4. The van der Waals surface area contributed by atoms with Gasteiger partial charge < -0.3 is 30.7 Å². The predicted molar refractivity (Wildman–Crippen MR) is 132 cm³/mol. The summed E-state index contributed by atoms with van der Waals surface area (Å²) >= 11 is 0. The van der Waals surface area contributed by atoms with Crippen molar-refractivity contribution in [1.29, 1.82) is 5.26 Å². The summed E-state index contributed by atoms with van der Waals surface area (Å²) in [4.78, 5) is 44.5. The van der Waals surface area contributed by atoms with Crippen LogP contribution in [0.15, 0.2) is 12.3 Å². The summed E-state index contributed by atoms with van der Waals surface area (Å²) in [6.45, 7) is 4.93. The fraction of sp³-hybridized carbons (Fsp3) is 0.542. The van der Waals surface area contributed by atoms with Gasteiger partial charge >= 0.3 is 17.8 Å². The number of likely N-dealkylation sites (tertiary alicyclic amines) is 2. The van der Waals surface area contributed by atoms with Crippen LogP contribution in [0, 0.1) is 23.2 Å². The number of nitrogens with one attached hydrogen (secondary N) is 4. The minimum absolute atomic E-state index is 0.00135. The zero-order valence-corrected chi connectivity index (χ0v) is 20.5. The van der Waals surface area contributed by atoms with Crippen LogP contribution in [-0.2, 0) is 16.1 Å². The SMILES string of the molecule is CNC(=O)C(=O)Nc1nn([C@H]2CN(C(=O)N3CCC(C#N)CC3)CC[C@H]2C)c2c1CNc1[nH]ccc1-2. The van der Waals surface area contributed by atoms with Gasteiger partial charge in [-0.15, -0.1) is 0 Å². The molecule has 0 aliphatic carbocycles. The number of amides is 4. The number of hydrogen-bond donors (Lipinski definition) is 4. The zero-order chi connectivity index (χ0) is 25.4. The molecule has 3 aliphatic heterocycles. The maximum atomic E-state index is 13.4. The summed E-state index contributed by atoms with van der Waals surface area (Å²) in [5, 5.41) is 22.3. The van der Waals surface area contributed by atoms with Crippen LogP contribution in [0.1, 0.15) is 37.8 Å². The smallest absolute Gasteiger partial charge is 0.320 e. The van der Waals surface area contributed by atoms with E-state index in [2.05, 4.69) is 33.9 Å². The molecule has 4 amide bonds. The lowest BCUT2D eigenvalue weighted by molar-refractivity contribution is -0.135. The molecule has 12 nitrogen and oxygen atoms in total. The Morgan fingerprint density at radius 2 is 1.89 bits per heavy atom. The van der Waals surface area contributed by atoms with Gasteiger partial charge in [0.1, 0.15) is 5.82 Å². The molecule has 0 aromatic carbocycles. The number of hydrogen-bond acceptors (Lipinski definition) is 6. The standard InChI is InChI=1S/C24H31N9O3/c1-14-4-8-32(24(36)31-9-5-15(11-25)6-10-31)13-18(14)33-19-16-3-7-27-20(16)28-12-17(19)21(30-33)29-23(35)22(34)26-2/h3,7,14-15,18,27-28H,4-6,8-10,12-13H2,1-2H3,(H,26,34)(H,29,30,35)/t14-,18+/m1/s1. The van der Waals surface area contributed by atoms with E-state index in [4.69, 9.17) is 5.10 Å². The minimum Gasteiger partial charge on any atom is -0.367 e. The van der Waals surface area contributed by atoms with Gasteiger partial charge in [-0.3, -0.25) is 14.3 Å². The van der Waals surface area contributed by atoms with E-state index < -0.39 is 11.8 Å². The second kappa shape index (κ2) is 9.56. The number of aromatic amines is 1. The van der Waals surface area contributed by atoms with Crippen molar-refractivity contribution in [2.45, 2.75) is 38.8 Å². The van der Waals surface area contributed by atoms with Crippen LogP contribution in [0.4, 0.5) is 16.4 Å². The average Bonchev–Trinajstić information content (AvgIpc) is 3.52. The van der Waals surface area contributed by atoms with E-state index >= 15 is 0 Å². The van der Waals surface area contributed by atoms with Crippen molar-refractivity contribution in [2.75, 3.05) is 43.9 Å². The highest BCUT2D eigenvalue weighted by Gasteiger charge is 2.37. The topological polar surface area (TPSA) is 151 Å². The Balaban J connectivity index is 1.44. The molecule has 36 heavy (non-hydrogen) atoms. The Hall–Kier alpha value is -4.01. The Kier molecular flexibility index (Phi) is 6.30. The van der Waals surface area contributed by atoms with Crippen molar-refractivity contribution < 1.29 is 14.4 Å². The van der Waals surface area contributed by atoms with Crippen LogP contribution in [0.25, 0.3) is 11.3 Å². The van der Waals surface area contributed by atoms with Gasteiger partial charge in [0.25, 0.3) is 0 Å². The maximum Gasteiger partial charge on any atom is 0.320 e. The number of likely N-dealkylation sites (N-methyl/N-ethyl adjacent to an activating group) is 1. The molecule has 2 aromatic heterocycles. The monoisotopic (exact) mass is 493 g/mol. The lowest BCUT2D eigenvalue weighted by Crippen LogP contribution is -2.51.